The van der Waals surface area contributed by atoms with E-state index < -0.39 is 5.97 Å². The molecular weight excluding hydrogens is 392 g/mol. The van der Waals surface area contributed by atoms with Crippen LogP contribution in [0.4, 0.5) is 11.4 Å². The number of fused-ring (bicyclic) bond motifs is 1. The first-order valence-electron chi connectivity index (χ1n) is 9.68. The number of amides is 1. The molecule has 0 saturated heterocycles. The van der Waals surface area contributed by atoms with Crippen molar-refractivity contribution in [1.82, 2.24) is 0 Å². The van der Waals surface area contributed by atoms with Crippen LogP contribution in [0.1, 0.15) is 26.3 Å². The van der Waals surface area contributed by atoms with E-state index in [0.717, 1.165) is 10.9 Å². The van der Waals surface area contributed by atoms with E-state index >= 15 is 0 Å². The second-order valence-corrected chi connectivity index (χ2v) is 6.93. The Hall–Kier alpha value is -4.19. The van der Waals surface area contributed by atoms with Crippen LogP contribution in [-0.4, -0.2) is 19.0 Å². The molecule has 1 aromatic heterocycles. The maximum Gasteiger partial charge on any atom is 0.337 e. The number of nitrogens with one attached hydrogen (secondary N) is 1. The average Bonchev–Trinajstić information content (AvgIpc) is 2.79. The van der Waals surface area contributed by atoms with Gasteiger partial charge in [0.2, 0.25) is 5.55 Å². The average molecular weight is 412 g/mol. The molecule has 0 bridgehead atoms. The first-order valence-corrected chi connectivity index (χ1v) is 9.68. The smallest absolute Gasteiger partial charge is 0.337 e. The number of para-hydroxylation sites is 2. The van der Waals surface area contributed by atoms with Gasteiger partial charge in [0.15, 0.2) is 0 Å². The molecule has 6 nitrogen and oxygen atoms in total. The number of carbonyl (C=O) groups excluding carboxylic acids is 2. The lowest BCUT2D eigenvalue weighted by atomic mass is 10.1. The summed E-state index contributed by atoms with van der Waals surface area (Å²) < 4.78 is 10.7. The third kappa shape index (κ3) is 4.38. The van der Waals surface area contributed by atoms with Crippen molar-refractivity contribution in [3.05, 3.63) is 101 Å². The van der Waals surface area contributed by atoms with Crippen molar-refractivity contribution in [2.24, 2.45) is 4.99 Å². The van der Waals surface area contributed by atoms with Crippen molar-refractivity contribution >= 4 is 34.2 Å². The number of aryl methyl sites for hydroxylation is 1. The predicted molar refractivity (Wildman–Crippen MR) is 118 cm³/mol. The van der Waals surface area contributed by atoms with Gasteiger partial charge in [0.1, 0.15) is 11.1 Å². The molecule has 6 heteroatoms. The van der Waals surface area contributed by atoms with Crippen molar-refractivity contribution in [3.8, 4) is 0 Å². The van der Waals surface area contributed by atoms with E-state index in [9.17, 15) is 9.59 Å². The fraction of sp³-hybridized carbons (Fsp3) is 0.0800. The van der Waals surface area contributed by atoms with E-state index in [1.807, 2.05) is 55.5 Å². The molecule has 154 valence electrons. The maximum absolute atomic E-state index is 13.1. The zero-order chi connectivity index (χ0) is 21.8. The van der Waals surface area contributed by atoms with Crippen molar-refractivity contribution in [2.75, 3.05) is 12.4 Å². The highest BCUT2D eigenvalue weighted by molar-refractivity contribution is 6.05. The van der Waals surface area contributed by atoms with Crippen molar-refractivity contribution in [1.29, 1.82) is 0 Å². The third-order valence-electron chi connectivity index (χ3n) is 4.79. The molecule has 1 heterocycles. The number of hydrogen-bond acceptors (Lipinski definition) is 5. The van der Waals surface area contributed by atoms with E-state index in [2.05, 4.69) is 10.3 Å². The van der Waals surface area contributed by atoms with Gasteiger partial charge in [-0.3, -0.25) is 4.79 Å². The van der Waals surface area contributed by atoms with Gasteiger partial charge < -0.3 is 14.5 Å². The Morgan fingerprint density at radius 3 is 2.52 bits per heavy atom. The molecule has 0 atom stereocenters. The molecule has 0 unspecified atom stereocenters. The summed E-state index contributed by atoms with van der Waals surface area (Å²) in [4.78, 5) is 29.5. The molecule has 0 radical (unpaired) electrons. The quantitative estimate of drug-likeness (QED) is 0.478. The van der Waals surface area contributed by atoms with Crippen LogP contribution < -0.4 is 10.9 Å². The molecule has 0 aliphatic rings. The Morgan fingerprint density at radius 1 is 0.935 bits per heavy atom. The second kappa shape index (κ2) is 8.67. The number of anilines is 1. The fourth-order valence-electron chi connectivity index (χ4n) is 3.16. The van der Waals surface area contributed by atoms with Gasteiger partial charge in [-0.2, -0.15) is 0 Å². The van der Waals surface area contributed by atoms with Crippen LogP contribution in [0.15, 0.2) is 88.3 Å². The highest BCUT2D eigenvalue weighted by Crippen LogP contribution is 2.19. The van der Waals surface area contributed by atoms with Crippen LogP contribution in [0.3, 0.4) is 0 Å². The SMILES string of the molecule is COC(=O)c1cccc(N=c2oc3ccccc3cc2C(=O)Nc2ccccc2C)c1. The van der Waals surface area contributed by atoms with E-state index in [1.54, 1.807) is 30.3 Å². The molecule has 0 spiro atoms. The number of ether oxygens (including phenoxy) is 1. The van der Waals surface area contributed by atoms with Crippen LogP contribution >= 0.6 is 0 Å². The lowest BCUT2D eigenvalue weighted by Crippen LogP contribution is -2.22. The molecular formula is C25H20N2O4. The van der Waals surface area contributed by atoms with Crippen molar-refractivity contribution in [2.45, 2.75) is 6.92 Å². The molecule has 1 N–H and O–H groups in total. The van der Waals surface area contributed by atoms with Gasteiger partial charge in [-0.1, -0.05) is 42.5 Å². The second-order valence-electron chi connectivity index (χ2n) is 6.93. The molecule has 0 saturated carbocycles. The largest absolute Gasteiger partial charge is 0.465 e. The monoisotopic (exact) mass is 412 g/mol. The molecule has 0 aliphatic carbocycles. The standard InChI is InChI=1S/C25H20N2O4/c1-16-8-3-5-12-21(16)27-23(28)20-15-17-9-4-6-13-22(17)31-24(20)26-19-11-7-10-18(14-19)25(29)30-2/h3-15H,1-2H3,(H,27,28). The predicted octanol–water partition coefficient (Wildman–Crippen LogP) is 5.01. The lowest BCUT2D eigenvalue weighted by molar-refractivity contribution is 0.0600. The minimum atomic E-state index is -0.468. The van der Waals surface area contributed by atoms with E-state index in [1.165, 1.54) is 7.11 Å². The number of esters is 1. The Morgan fingerprint density at radius 2 is 1.71 bits per heavy atom. The third-order valence-corrected chi connectivity index (χ3v) is 4.79. The Labute approximate surface area is 178 Å². The first-order chi connectivity index (χ1) is 15.0. The zero-order valence-electron chi connectivity index (χ0n) is 17.1. The summed E-state index contributed by atoms with van der Waals surface area (Å²) in [5, 5.41) is 3.70. The summed E-state index contributed by atoms with van der Waals surface area (Å²) in [6, 6.07) is 23.3. The summed E-state index contributed by atoms with van der Waals surface area (Å²) in [5.41, 5.74) is 3.49. The van der Waals surface area contributed by atoms with Crippen LogP contribution in [0, 0.1) is 6.92 Å². The number of hydrogen-bond donors (Lipinski definition) is 1. The summed E-state index contributed by atoms with van der Waals surface area (Å²) >= 11 is 0. The van der Waals surface area contributed by atoms with Gasteiger partial charge in [0.05, 0.1) is 18.4 Å². The first kappa shape index (κ1) is 20.1. The van der Waals surface area contributed by atoms with Crippen LogP contribution in [0.25, 0.3) is 11.0 Å². The highest BCUT2D eigenvalue weighted by atomic mass is 16.5. The Kier molecular flexibility index (Phi) is 5.62. The van der Waals surface area contributed by atoms with Gasteiger partial charge in [-0.15, -0.1) is 0 Å². The number of methoxy groups -OCH3 is 1. The topological polar surface area (TPSA) is 80.9 Å². The van der Waals surface area contributed by atoms with Crippen LogP contribution in [0.5, 0.6) is 0 Å². The number of carbonyl (C=O) groups is 2. The van der Waals surface area contributed by atoms with Crippen molar-refractivity contribution < 1.29 is 18.7 Å². The lowest BCUT2D eigenvalue weighted by Gasteiger charge is -2.09. The summed E-state index contributed by atoms with van der Waals surface area (Å²) in [6.45, 7) is 1.92. The van der Waals surface area contributed by atoms with E-state index in [4.69, 9.17) is 9.15 Å². The van der Waals surface area contributed by atoms with Crippen LogP contribution in [0.2, 0.25) is 0 Å². The minimum absolute atomic E-state index is 0.145. The van der Waals surface area contributed by atoms with Crippen LogP contribution in [-0.2, 0) is 4.74 Å². The molecule has 4 rings (SSSR count). The van der Waals surface area contributed by atoms with Crippen molar-refractivity contribution in [3.63, 3.8) is 0 Å². The summed E-state index contributed by atoms with van der Waals surface area (Å²) in [6.07, 6.45) is 0. The van der Waals surface area contributed by atoms with Gasteiger partial charge >= 0.3 is 5.97 Å². The molecule has 4 aromatic rings. The molecule has 0 fully saturated rings. The Bertz CT molecular complexity index is 1350. The molecule has 3 aromatic carbocycles. The minimum Gasteiger partial charge on any atom is -0.465 e. The van der Waals surface area contributed by atoms with Gasteiger partial charge in [0, 0.05) is 11.1 Å². The van der Waals surface area contributed by atoms with Gasteiger partial charge in [-0.25, -0.2) is 9.79 Å². The summed E-state index contributed by atoms with van der Waals surface area (Å²) in [5.74, 6) is -0.809. The summed E-state index contributed by atoms with van der Waals surface area (Å²) in [7, 11) is 1.32. The normalized spacial score (nSPS) is 11.4. The zero-order valence-corrected chi connectivity index (χ0v) is 17.1. The molecule has 0 aliphatic heterocycles. The molecule has 31 heavy (non-hydrogen) atoms. The fourth-order valence-corrected chi connectivity index (χ4v) is 3.16. The number of benzene rings is 3. The number of nitrogens with zero attached hydrogens (tertiary/aromatic N) is 1. The molecule has 1 amide bonds. The van der Waals surface area contributed by atoms with Gasteiger partial charge in [-0.05, 0) is 48.9 Å². The van der Waals surface area contributed by atoms with E-state index in [0.29, 0.717) is 22.5 Å². The Balaban J connectivity index is 1.84. The highest BCUT2D eigenvalue weighted by Gasteiger charge is 2.14. The number of rotatable bonds is 4. The van der Waals surface area contributed by atoms with E-state index in [-0.39, 0.29) is 17.0 Å². The maximum atomic E-state index is 13.1. The van der Waals surface area contributed by atoms with Gasteiger partial charge in [0.25, 0.3) is 5.91 Å².